The van der Waals surface area contributed by atoms with Gasteiger partial charge in [0.1, 0.15) is 22.5 Å². The van der Waals surface area contributed by atoms with Crippen molar-refractivity contribution in [2.75, 3.05) is 0 Å². The van der Waals surface area contributed by atoms with E-state index in [4.69, 9.17) is 0 Å². The Hall–Kier alpha value is -1.63. The Morgan fingerprint density at radius 1 is 0.538 bits per heavy atom. The van der Waals surface area contributed by atoms with E-state index in [-0.39, 0.29) is 68.5 Å². The van der Waals surface area contributed by atoms with E-state index < -0.39 is 0 Å². The molecule has 4 aromatic rings. The van der Waals surface area contributed by atoms with Gasteiger partial charge >= 0.3 is 19.8 Å². The summed E-state index contributed by atoms with van der Waals surface area (Å²) in [7, 11) is 0. The summed E-state index contributed by atoms with van der Waals surface area (Å²) in [6.07, 6.45) is 3.34. The molecule has 2 heterocycles. The van der Waals surface area contributed by atoms with Crippen LogP contribution in [0.3, 0.4) is 0 Å². The Morgan fingerprint density at radius 3 is 1.23 bits per heavy atom. The van der Waals surface area contributed by atoms with Gasteiger partial charge in [-0.05, 0) is 24.3 Å². The minimum absolute atomic E-state index is 0. The number of fused-ring (bicyclic) bond motifs is 2. The molecule has 0 bridgehead atoms. The molecular weight excluding hydrogens is 452 g/mol. The van der Waals surface area contributed by atoms with E-state index in [2.05, 4.69) is 9.97 Å². The maximum atomic E-state index is 9.31. The van der Waals surface area contributed by atoms with E-state index in [0.29, 0.717) is 11.0 Å². The molecule has 0 amide bonds. The van der Waals surface area contributed by atoms with Gasteiger partial charge in [-0.1, -0.05) is 36.4 Å². The van der Waals surface area contributed by atoms with Crippen LogP contribution in [-0.2, 0) is 0 Å². The molecular formula is C18H14Cl3GaN2O2. The Kier molecular flexibility index (Phi) is 13.0. The molecule has 0 fully saturated rings. The van der Waals surface area contributed by atoms with Crippen molar-refractivity contribution in [3.8, 4) is 11.5 Å². The number of hydrogen-bond donors (Lipinski definition) is 2. The van der Waals surface area contributed by atoms with Gasteiger partial charge in [-0.3, -0.25) is 9.97 Å². The maximum Gasteiger partial charge on any atom is 3.00 e. The molecule has 0 aliphatic carbocycles. The predicted molar refractivity (Wildman–Crippen MR) is 92.6 cm³/mol. The van der Waals surface area contributed by atoms with Crippen LogP contribution in [0.4, 0.5) is 0 Å². The number of aromatic hydroxyl groups is 2. The Labute approximate surface area is 183 Å². The van der Waals surface area contributed by atoms with Crippen LogP contribution in [0.15, 0.2) is 73.1 Å². The standard InChI is InChI=1S/2C9H7NO.3ClH.Ga/c2*11-8-5-1-3-7-4-2-6-10-9(7)8;;;;/h2*1-6,11H;3*1H;/q;;;;;+3/p-3. The van der Waals surface area contributed by atoms with Crippen LogP contribution in [0.5, 0.6) is 11.5 Å². The molecule has 0 spiro atoms. The average Bonchev–Trinajstić information content (AvgIpc) is 2.57. The monoisotopic (exact) mass is 464 g/mol. The summed E-state index contributed by atoms with van der Waals surface area (Å²) < 4.78 is 0. The second-order valence-corrected chi connectivity index (χ2v) is 4.70. The van der Waals surface area contributed by atoms with Crippen LogP contribution in [0, 0.1) is 0 Å². The number of para-hydroxylation sites is 2. The summed E-state index contributed by atoms with van der Waals surface area (Å²) in [5.74, 6) is 0.478. The fraction of sp³-hybridized carbons (Fsp3) is 0. The van der Waals surface area contributed by atoms with E-state index in [1.165, 1.54) is 0 Å². The van der Waals surface area contributed by atoms with Gasteiger partial charge in [0.05, 0.1) is 0 Å². The van der Waals surface area contributed by atoms with E-state index >= 15 is 0 Å². The molecule has 132 valence electrons. The number of pyridine rings is 2. The third kappa shape index (κ3) is 6.27. The summed E-state index contributed by atoms with van der Waals surface area (Å²) in [5, 5.41) is 20.5. The molecule has 0 unspecified atom stereocenters. The van der Waals surface area contributed by atoms with Crippen molar-refractivity contribution >= 4 is 41.6 Å². The van der Waals surface area contributed by atoms with Crippen molar-refractivity contribution in [1.29, 1.82) is 0 Å². The number of hydrogen-bond acceptors (Lipinski definition) is 4. The Bertz CT molecular complexity index is 854. The van der Waals surface area contributed by atoms with Gasteiger partial charge in [-0.25, -0.2) is 0 Å². The van der Waals surface area contributed by atoms with Crippen LogP contribution >= 0.6 is 0 Å². The molecule has 4 nitrogen and oxygen atoms in total. The fourth-order valence-electron chi connectivity index (χ4n) is 2.18. The van der Waals surface area contributed by atoms with Crippen molar-refractivity contribution in [1.82, 2.24) is 9.97 Å². The number of halogens is 3. The molecule has 26 heavy (non-hydrogen) atoms. The smallest absolute Gasteiger partial charge is 1.00 e. The molecule has 0 aliphatic heterocycles. The zero-order valence-corrected chi connectivity index (χ0v) is 18.1. The molecule has 0 atom stereocenters. The number of rotatable bonds is 0. The maximum absolute atomic E-state index is 9.31. The van der Waals surface area contributed by atoms with Crippen molar-refractivity contribution < 1.29 is 47.4 Å². The molecule has 4 rings (SSSR count). The first kappa shape index (κ1) is 26.6. The largest absolute Gasteiger partial charge is 3.00 e. The van der Waals surface area contributed by atoms with Gasteiger partial charge in [0.2, 0.25) is 0 Å². The molecule has 0 radical (unpaired) electrons. The molecule has 2 aromatic carbocycles. The second kappa shape index (κ2) is 12.7. The summed E-state index contributed by atoms with van der Waals surface area (Å²) in [6, 6.07) is 18.3. The molecule has 2 aromatic heterocycles. The second-order valence-electron chi connectivity index (χ2n) is 4.70. The Balaban J connectivity index is 0. The van der Waals surface area contributed by atoms with Crippen LogP contribution in [0.2, 0.25) is 0 Å². The molecule has 0 aliphatic rings. The summed E-state index contributed by atoms with van der Waals surface area (Å²) in [4.78, 5) is 8.06. The summed E-state index contributed by atoms with van der Waals surface area (Å²) >= 11 is 0. The van der Waals surface area contributed by atoms with Gasteiger partial charge in [0, 0.05) is 23.2 Å². The number of benzene rings is 2. The zero-order chi connectivity index (χ0) is 15.4. The SMILES string of the molecule is Oc1cccc2cccnc12.Oc1cccc2cccnc12.[Cl-].[Cl-].[Cl-].[Ga+3]. The Morgan fingerprint density at radius 2 is 0.885 bits per heavy atom. The summed E-state index contributed by atoms with van der Waals surface area (Å²) in [5.41, 5.74) is 1.32. The van der Waals surface area contributed by atoms with Gasteiger partial charge in [-0.15, -0.1) is 0 Å². The van der Waals surface area contributed by atoms with Crippen LogP contribution in [0.25, 0.3) is 21.8 Å². The van der Waals surface area contributed by atoms with Crippen molar-refractivity contribution in [2.24, 2.45) is 0 Å². The van der Waals surface area contributed by atoms with Gasteiger partial charge in [0.15, 0.2) is 0 Å². The summed E-state index contributed by atoms with van der Waals surface area (Å²) in [6.45, 7) is 0. The minimum atomic E-state index is 0. The quantitative estimate of drug-likeness (QED) is 0.254. The first-order valence-electron chi connectivity index (χ1n) is 6.81. The van der Waals surface area contributed by atoms with Gasteiger partial charge in [-0.2, -0.15) is 0 Å². The topological polar surface area (TPSA) is 66.2 Å². The molecule has 8 heteroatoms. The van der Waals surface area contributed by atoms with Crippen molar-refractivity contribution in [3.05, 3.63) is 73.1 Å². The van der Waals surface area contributed by atoms with E-state index in [0.717, 1.165) is 10.8 Å². The normalized spacial score (nSPS) is 8.62. The fourth-order valence-corrected chi connectivity index (χ4v) is 2.18. The van der Waals surface area contributed by atoms with E-state index in [1.807, 2.05) is 36.4 Å². The number of phenols is 2. The third-order valence-corrected chi connectivity index (χ3v) is 3.22. The first-order chi connectivity index (χ1) is 10.8. The van der Waals surface area contributed by atoms with Crippen molar-refractivity contribution in [3.63, 3.8) is 0 Å². The molecule has 0 saturated heterocycles. The number of aromatic nitrogens is 2. The first-order valence-corrected chi connectivity index (χ1v) is 6.81. The predicted octanol–water partition coefficient (Wildman–Crippen LogP) is -5.49. The third-order valence-electron chi connectivity index (χ3n) is 3.22. The van der Waals surface area contributed by atoms with E-state index in [9.17, 15) is 10.2 Å². The number of phenolic OH excluding ortho intramolecular Hbond substituents is 2. The van der Waals surface area contributed by atoms with Crippen LogP contribution in [0.1, 0.15) is 0 Å². The zero-order valence-electron chi connectivity index (χ0n) is 13.4. The van der Waals surface area contributed by atoms with Crippen LogP contribution < -0.4 is 37.2 Å². The van der Waals surface area contributed by atoms with Gasteiger partial charge < -0.3 is 47.4 Å². The van der Waals surface area contributed by atoms with Gasteiger partial charge in [0.25, 0.3) is 0 Å². The molecule has 0 saturated carbocycles. The number of nitrogens with zero attached hydrogens (tertiary/aromatic N) is 2. The van der Waals surface area contributed by atoms with Crippen molar-refractivity contribution in [2.45, 2.75) is 0 Å². The van der Waals surface area contributed by atoms with E-state index in [1.54, 1.807) is 36.7 Å². The molecule has 2 N–H and O–H groups in total. The minimum Gasteiger partial charge on any atom is -1.00 e. The van der Waals surface area contributed by atoms with Crippen LogP contribution in [-0.4, -0.2) is 40.0 Å². The average molecular weight is 466 g/mol.